The van der Waals surface area contributed by atoms with Gasteiger partial charge in [-0.3, -0.25) is 0 Å². The number of hydrogen-bond donors (Lipinski definition) is 1. The summed E-state index contributed by atoms with van der Waals surface area (Å²) in [6.07, 6.45) is 0. The highest BCUT2D eigenvalue weighted by atomic mass is 32.2. The summed E-state index contributed by atoms with van der Waals surface area (Å²) in [5, 5.41) is 0. The first-order valence-corrected chi connectivity index (χ1v) is 9.95. The minimum Gasteiger partial charge on any atom is -0.496 e. The van der Waals surface area contributed by atoms with E-state index < -0.39 is 15.6 Å². The highest BCUT2D eigenvalue weighted by Gasteiger charge is 2.30. The maximum Gasteiger partial charge on any atom is 0.241 e. The topological polar surface area (TPSA) is 73.9 Å². The molecule has 0 amide bonds. The van der Waals surface area contributed by atoms with Gasteiger partial charge in [0.2, 0.25) is 10.0 Å². The summed E-state index contributed by atoms with van der Waals surface area (Å²) in [4.78, 5) is 0.231. The molecule has 0 saturated heterocycles. The van der Waals surface area contributed by atoms with E-state index in [0.717, 1.165) is 11.1 Å². The maximum absolute atomic E-state index is 13.1. The molecule has 0 heterocycles. The van der Waals surface area contributed by atoms with Gasteiger partial charge in [0.15, 0.2) is 11.5 Å². The van der Waals surface area contributed by atoms with Gasteiger partial charge in [-0.2, -0.15) is 0 Å². The average Bonchev–Trinajstić information content (AvgIpc) is 2.61. The van der Waals surface area contributed by atoms with Crippen molar-refractivity contribution in [2.75, 3.05) is 21.3 Å². The van der Waals surface area contributed by atoms with Crippen molar-refractivity contribution in [3.63, 3.8) is 0 Å². The van der Waals surface area contributed by atoms with Crippen molar-refractivity contribution < 1.29 is 22.6 Å². The van der Waals surface area contributed by atoms with Crippen LogP contribution < -0.4 is 18.9 Å². The van der Waals surface area contributed by atoms with Crippen LogP contribution in [0.4, 0.5) is 0 Å². The molecule has 0 radical (unpaired) electrons. The average molecular weight is 394 g/mol. The summed E-state index contributed by atoms with van der Waals surface area (Å²) in [6.45, 7) is 7.17. The summed E-state index contributed by atoms with van der Waals surface area (Å²) in [6, 6.07) is 8.70. The van der Waals surface area contributed by atoms with Crippen molar-refractivity contribution in [3.8, 4) is 17.2 Å². The van der Waals surface area contributed by atoms with Gasteiger partial charge in [0.25, 0.3) is 0 Å². The molecule has 0 aromatic heterocycles. The molecule has 0 fully saturated rings. The largest absolute Gasteiger partial charge is 0.496 e. The highest BCUT2D eigenvalue weighted by Crippen LogP contribution is 2.33. The number of nitrogens with one attached hydrogen (secondary N) is 1. The molecule has 0 unspecified atom stereocenters. The second kappa shape index (κ2) is 7.78. The van der Waals surface area contributed by atoms with Crippen LogP contribution >= 0.6 is 0 Å². The molecular weight excluding hydrogens is 366 g/mol. The van der Waals surface area contributed by atoms with E-state index in [4.69, 9.17) is 14.2 Å². The third-order valence-electron chi connectivity index (χ3n) is 4.48. The third kappa shape index (κ3) is 4.36. The number of aryl methyl sites for hydroxylation is 2. The number of benzene rings is 2. The Hall–Kier alpha value is -2.25. The van der Waals surface area contributed by atoms with Crippen molar-refractivity contribution >= 4 is 10.0 Å². The first kappa shape index (κ1) is 21.1. The molecule has 1 N–H and O–H groups in total. The Morgan fingerprint density at radius 3 is 1.96 bits per heavy atom. The fourth-order valence-corrected chi connectivity index (χ4v) is 4.66. The van der Waals surface area contributed by atoms with E-state index in [9.17, 15) is 8.42 Å². The smallest absolute Gasteiger partial charge is 0.241 e. The first-order chi connectivity index (χ1) is 12.6. The Balaban J connectivity index is 2.43. The van der Waals surface area contributed by atoms with Crippen LogP contribution in [-0.4, -0.2) is 29.7 Å². The quantitative estimate of drug-likeness (QED) is 0.779. The molecule has 0 spiro atoms. The standard InChI is InChI=1S/C20H27NO5S/c1-13-11-19(14(2)10-17(13)25-6)27(22,23)21-20(3,4)15-8-9-16(24-5)18(12-15)26-7/h8-12,21H,1-7H3. The van der Waals surface area contributed by atoms with Gasteiger partial charge in [0.05, 0.1) is 31.8 Å². The zero-order chi connectivity index (χ0) is 20.4. The minimum atomic E-state index is -3.76. The normalized spacial score (nSPS) is 12.0. The lowest BCUT2D eigenvalue weighted by atomic mass is 9.95. The molecule has 0 bridgehead atoms. The van der Waals surface area contributed by atoms with Crippen LogP contribution in [0.1, 0.15) is 30.5 Å². The number of rotatable bonds is 7. The van der Waals surface area contributed by atoms with Crippen LogP contribution in [0.2, 0.25) is 0 Å². The fourth-order valence-electron chi connectivity index (χ4n) is 2.95. The lowest BCUT2D eigenvalue weighted by molar-refractivity contribution is 0.352. The predicted octanol–water partition coefficient (Wildman–Crippen LogP) is 3.54. The van der Waals surface area contributed by atoms with Gasteiger partial charge < -0.3 is 14.2 Å². The van der Waals surface area contributed by atoms with Crippen molar-refractivity contribution in [2.24, 2.45) is 0 Å². The molecule has 6 nitrogen and oxygen atoms in total. The summed E-state index contributed by atoms with van der Waals surface area (Å²) in [5.74, 6) is 1.78. The zero-order valence-electron chi connectivity index (χ0n) is 16.8. The second-order valence-electron chi connectivity index (χ2n) is 6.89. The molecular formula is C20H27NO5S. The van der Waals surface area contributed by atoms with E-state index in [1.165, 1.54) is 0 Å². The second-order valence-corrected chi connectivity index (χ2v) is 8.54. The SMILES string of the molecule is COc1cc(C)c(S(=O)(=O)NC(C)(C)c2ccc(OC)c(OC)c2)cc1C. The molecule has 0 atom stereocenters. The fraction of sp³-hybridized carbons (Fsp3) is 0.400. The Morgan fingerprint density at radius 1 is 0.815 bits per heavy atom. The van der Waals surface area contributed by atoms with Crippen LogP contribution in [0.3, 0.4) is 0 Å². The summed E-state index contributed by atoms with van der Waals surface area (Å²) >= 11 is 0. The zero-order valence-corrected chi connectivity index (χ0v) is 17.7. The first-order valence-electron chi connectivity index (χ1n) is 8.47. The number of methoxy groups -OCH3 is 3. The van der Waals surface area contributed by atoms with Crippen LogP contribution in [0.15, 0.2) is 35.2 Å². The number of hydrogen-bond acceptors (Lipinski definition) is 5. The predicted molar refractivity (Wildman–Crippen MR) is 105 cm³/mol. The van der Waals surface area contributed by atoms with E-state index in [1.54, 1.807) is 66.4 Å². The van der Waals surface area contributed by atoms with Crippen molar-refractivity contribution in [2.45, 2.75) is 38.1 Å². The van der Waals surface area contributed by atoms with Crippen LogP contribution in [0.25, 0.3) is 0 Å². The molecule has 148 valence electrons. The van der Waals surface area contributed by atoms with Gasteiger partial charge in [0.1, 0.15) is 5.75 Å². The molecule has 2 aromatic rings. The molecule has 0 aliphatic carbocycles. The van der Waals surface area contributed by atoms with Gasteiger partial charge in [-0.05, 0) is 68.7 Å². The van der Waals surface area contributed by atoms with E-state index >= 15 is 0 Å². The highest BCUT2D eigenvalue weighted by molar-refractivity contribution is 7.89. The van der Waals surface area contributed by atoms with E-state index in [2.05, 4.69) is 4.72 Å². The number of sulfonamides is 1. The lowest BCUT2D eigenvalue weighted by Crippen LogP contribution is -2.41. The van der Waals surface area contributed by atoms with Crippen molar-refractivity contribution in [1.29, 1.82) is 0 Å². The van der Waals surface area contributed by atoms with Crippen LogP contribution in [0.5, 0.6) is 17.2 Å². The van der Waals surface area contributed by atoms with Crippen molar-refractivity contribution in [3.05, 3.63) is 47.0 Å². The van der Waals surface area contributed by atoms with Gasteiger partial charge in [-0.15, -0.1) is 0 Å². The van der Waals surface area contributed by atoms with E-state index in [1.807, 2.05) is 13.0 Å². The Bertz CT molecular complexity index is 936. The van der Waals surface area contributed by atoms with Gasteiger partial charge in [0, 0.05) is 0 Å². The van der Waals surface area contributed by atoms with Gasteiger partial charge >= 0.3 is 0 Å². The summed E-state index contributed by atoms with van der Waals surface area (Å²) < 4.78 is 44.8. The Kier molecular flexibility index (Phi) is 6.07. The lowest BCUT2D eigenvalue weighted by Gasteiger charge is -2.28. The molecule has 0 aliphatic rings. The Labute approximate surface area is 161 Å². The monoisotopic (exact) mass is 393 g/mol. The molecule has 7 heteroatoms. The minimum absolute atomic E-state index is 0.231. The molecule has 2 rings (SSSR count). The van der Waals surface area contributed by atoms with Crippen LogP contribution in [-0.2, 0) is 15.6 Å². The van der Waals surface area contributed by atoms with E-state index in [-0.39, 0.29) is 4.90 Å². The third-order valence-corrected chi connectivity index (χ3v) is 6.27. The number of ether oxygens (including phenoxy) is 3. The van der Waals surface area contributed by atoms with Crippen LogP contribution in [0, 0.1) is 13.8 Å². The molecule has 2 aromatic carbocycles. The van der Waals surface area contributed by atoms with E-state index in [0.29, 0.717) is 22.8 Å². The summed E-state index contributed by atoms with van der Waals surface area (Å²) in [7, 11) is 0.906. The van der Waals surface area contributed by atoms with Gasteiger partial charge in [-0.25, -0.2) is 13.1 Å². The molecule has 0 aliphatic heterocycles. The molecule has 27 heavy (non-hydrogen) atoms. The Morgan fingerprint density at radius 2 is 1.41 bits per heavy atom. The van der Waals surface area contributed by atoms with Gasteiger partial charge in [-0.1, -0.05) is 6.07 Å². The molecule has 0 saturated carbocycles. The maximum atomic E-state index is 13.1. The summed E-state index contributed by atoms with van der Waals surface area (Å²) in [5.41, 5.74) is 1.27. The van der Waals surface area contributed by atoms with Crippen molar-refractivity contribution in [1.82, 2.24) is 4.72 Å².